The van der Waals surface area contributed by atoms with Crippen LogP contribution in [0.5, 0.6) is 0 Å². The molecule has 0 aliphatic heterocycles. The van der Waals surface area contributed by atoms with Crippen molar-refractivity contribution in [2.24, 2.45) is 11.1 Å². The van der Waals surface area contributed by atoms with Crippen LogP contribution in [0.25, 0.3) is 0 Å². The zero-order valence-corrected chi connectivity index (χ0v) is 13.1. The van der Waals surface area contributed by atoms with Crippen molar-refractivity contribution in [3.05, 3.63) is 35.4 Å². The second-order valence-corrected chi connectivity index (χ2v) is 6.38. The number of nitrogens with two attached hydrogens (primary N) is 1. The maximum atomic E-state index is 11.9. The molecule has 0 saturated heterocycles. The Hall–Kier alpha value is -1.39. The highest BCUT2D eigenvalue weighted by atomic mass is 16.1. The molecule has 0 bridgehead atoms. The average Bonchev–Trinajstić information content (AvgIpc) is 2.36. The normalized spacial score (nSPS) is 11.7. The van der Waals surface area contributed by atoms with Gasteiger partial charge >= 0.3 is 0 Å². The Morgan fingerprint density at radius 1 is 1.20 bits per heavy atom. The van der Waals surface area contributed by atoms with E-state index in [4.69, 9.17) is 5.73 Å². The molecule has 4 nitrogen and oxygen atoms in total. The zero-order chi connectivity index (χ0) is 15.2. The minimum absolute atomic E-state index is 0.0670. The molecule has 3 N–H and O–H groups in total. The molecule has 20 heavy (non-hydrogen) atoms. The molecular weight excluding hydrogens is 250 g/mol. The molecule has 1 amide bonds. The van der Waals surface area contributed by atoms with Gasteiger partial charge in [0.15, 0.2) is 0 Å². The van der Waals surface area contributed by atoms with Crippen LogP contribution in [0.15, 0.2) is 24.3 Å². The number of hydrogen-bond acceptors (Lipinski definition) is 3. The molecule has 0 aliphatic rings. The SMILES string of the molecule is CN(C)CC(C)(C)CNC(=O)Cc1ccc(CN)cc1. The van der Waals surface area contributed by atoms with Crippen LogP contribution in [0, 0.1) is 5.41 Å². The third kappa shape index (κ3) is 6.17. The van der Waals surface area contributed by atoms with Gasteiger partial charge in [-0.25, -0.2) is 0 Å². The quantitative estimate of drug-likeness (QED) is 0.792. The number of amides is 1. The molecule has 1 aromatic rings. The summed E-state index contributed by atoms with van der Waals surface area (Å²) >= 11 is 0. The Balaban J connectivity index is 2.43. The van der Waals surface area contributed by atoms with Gasteiger partial charge in [0, 0.05) is 19.6 Å². The number of nitrogens with one attached hydrogen (secondary N) is 1. The molecule has 0 radical (unpaired) electrons. The fourth-order valence-corrected chi connectivity index (χ4v) is 2.29. The van der Waals surface area contributed by atoms with E-state index in [1.54, 1.807) is 0 Å². The minimum atomic E-state index is 0.0670. The number of nitrogens with zero attached hydrogens (tertiary/aromatic N) is 1. The molecular formula is C16H27N3O. The lowest BCUT2D eigenvalue weighted by molar-refractivity contribution is -0.120. The molecule has 0 spiro atoms. The van der Waals surface area contributed by atoms with Crippen molar-refractivity contribution in [3.63, 3.8) is 0 Å². The fourth-order valence-electron chi connectivity index (χ4n) is 2.29. The molecule has 0 heterocycles. The van der Waals surface area contributed by atoms with Crippen LogP contribution in [0.3, 0.4) is 0 Å². The van der Waals surface area contributed by atoms with E-state index in [-0.39, 0.29) is 11.3 Å². The van der Waals surface area contributed by atoms with E-state index in [0.29, 0.717) is 19.5 Å². The van der Waals surface area contributed by atoms with Crippen molar-refractivity contribution in [3.8, 4) is 0 Å². The van der Waals surface area contributed by atoms with E-state index in [0.717, 1.165) is 17.7 Å². The number of rotatable bonds is 7. The molecule has 0 atom stereocenters. The van der Waals surface area contributed by atoms with Gasteiger partial charge < -0.3 is 16.0 Å². The molecule has 112 valence electrons. The predicted octanol–water partition coefficient (Wildman–Crippen LogP) is 1.39. The van der Waals surface area contributed by atoms with Gasteiger partial charge in [-0.2, -0.15) is 0 Å². The second-order valence-electron chi connectivity index (χ2n) is 6.38. The van der Waals surface area contributed by atoms with Crippen LogP contribution in [0.2, 0.25) is 0 Å². The number of benzene rings is 1. The van der Waals surface area contributed by atoms with Crippen molar-refractivity contribution < 1.29 is 4.79 Å². The zero-order valence-electron chi connectivity index (χ0n) is 13.1. The summed E-state index contributed by atoms with van der Waals surface area (Å²) in [5.41, 5.74) is 7.73. The highest BCUT2D eigenvalue weighted by molar-refractivity contribution is 5.78. The first-order chi connectivity index (χ1) is 9.32. The lowest BCUT2D eigenvalue weighted by Crippen LogP contribution is -2.40. The van der Waals surface area contributed by atoms with E-state index in [1.807, 2.05) is 38.4 Å². The first-order valence-corrected chi connectivity index (χ1v) is 7.02. The van der Waals surface area contributed by atoms with E-state index in [1.165, 1.54) is 0 Å². The summed E-state index contributed by atoms with van der Waals surface area (Å²) in [5, 5.41) is 3.02. The standard InChI is InChI=1S/C16H27N3O/c1-16(2,12-19(3)4)11-18-15(20)9-13-5-7-14(10-17)8-6-13/h5-8H,9-12,17H2,1-4H3,(H,18,20). The van der Waals surface area contributed by atoms with Crippen LogP contribution in [-0.2, 0) is 17.8 Å². The highest BCUT2D eigenvalue weighted by Crippen LogP contribution is 2.14. The van der Waals surface area contributed by atoms with Crippen molar-refractivity contribution in [2.45, 2.75) is 26.8 Å². The van der Waals surface area contributed by atoms with Gasteiger partial charge in [0.05, 0.1) is 6.42 Å². The third-order valence-corrected chi connectivity index (χ3v) is 3.13. The van der Waals surface area contributed by atoms with Gasteiger partial charge in [0.25, 0.3) is 0 Å². The Labute approximate surface area is 122 Å². The van der Waals surface area contributed by atoms with Crippen LogP contribution >= 0.6 is 0 Å². The second kappa shape index (κ2) is 7.41. The smallest absolute Gasteiger partial charge is 0.224 e. The van der Waals surface area contributed by atoms with Crippen molar-refractivity contribution in [2.75, 3.05) is 27.2 Å². The Morgan fingerprint density at radius 2 is 1.75 bits per heavy atom. The average molecular weight is 277 g/mol. The van der Waals surface area contributed by atoms with E-state index < -0.39 is 0 Å². The Kier molecular flexibility index (Phi) is 6.17. The Bertz CT molecular complexity index is 424. The molecule has 1 rings (SSSR count). The van der Waals surface area contributed by atoms with Crippen molar-refractivity contribution in [1.82, 2.24) is 10.2 Å². The van der Waals surface area contributed by atoms with Crippen LogP contribution in [0.4, 0.5) is 0 Å². The highest BCUT2D eigenvalue weighted by Gasteiger charge is 2.19. The molecule has 0 fully saturated rings. The van der Waals surface area contributed by atoms with Gasteiger partial charge in [-0.05, 0) is 30.6 Å². The van der Waals surface area contributed by atoms with Gasteiger partial charge in [-0.1, -0.05) is 38.1 Å². The van der Waals surface area contributed by atoms with Crippen LogP contribution < -0.4 is 11.1 Å². The summed E-state index contributed by atoms with van der Waals surface area (Å²) in [7, 11) is 4.09. The van der Waals surface area contributed by atoms with Gasteiger partial charge in [-0.3, -0.25) is 4.79 Å². The minimum Gasteiger partial charge on any atom is -0.355 e. The maximum Gasteiger partial charge on any atom is 0.224 e. The van der Waals surface area contributed by atoms with E-state index >= 15 is 0 Å². The maximum absolute atomic E-state index is 11.9. The van der Waals surface area contributed by atoms with E-state index in [9.17, 15) is 4.79 Å². The van der Waals surface area contributed by atoms with E-state index in [2.05, 4.69) is 24.1 Å². The summed E-state index contributed by atoms with van der Waals surface area (Å²) in [6.07, 6.45) is 0.420. The largest absolute Gasteiger partial charge is 0.355 e. The van der Waals surface area contributed by atoms with Crippen molar-refractivity contribution >= 4 is 5.91 Å². The van der Waals surface area contributed by atoms with Crippen LogP contribution in [0.1, 0.15) is 25.0 Å². The predicted molar refractivity (Wildman–Crippen MR) is 83.4 cm³/mol. The topological polar surface area (TPSA) is 58.4 Å². The third-order valence-electron chi connectivity index (χ3n) is 3.13. The van der Waals surface area contributed by atoms with Crippen LogP contribution in [-0.4, -0.2) is 38.0 Å². The van der Waals surface area contributed by atoms with Crippen molar-refractivity contribution in [1.29, 1.82) is 0 Å². The summed E-state index contributed by atoms with van der Waals surface area (Å²) < 4.78 is 0. The molecule has 0 unspecified atom stereocenters. The molecule has 0 aliphatic carbocycles. The fraction of sp³-hybridized carbons (Fsp3) is 0.562. The lowest BCUT2D eigenvalue weighted by atomic mass is 9.93. The molecule has 4 heteroatoms. The number of carbonyl (C=O) groups excluding carboxylic acids is 1. The Morgan fingerprint density at radius 3 is 2.25 bits per heavy atom. The van der Waals surface area contributed by atoms with Gasteiger partial charge in [0.1, 0.15) is 0 Å². The summed E-state index contributed by atoms with van der Waals surface area (Å²) in [4.78, 5) is 14.1. The molecule has 0 aromatic heterocycles. The summed E-state index contributed by atoms with van der Waals surface area (Å²) in [6.45, 7) is 6.47. The molecule has 0 saturated carbocycles. The summed E-state index contributed by atoms with van der Waals surface area (Å²) in [6, 6.07) is 7.87. The molecule has 1 aromatic carbocycles. The summed E-state index contributed by atoms with van der Waals surface area (Å²) in [5.74, 6) is 0.0670. The van der Waals surface area contributed by atoms with Gasteiger partial charge in [0.2, 0.25) is 5.91 Å². The lowest BCUT2D eigenvalue weighted by Gasteiger charge is -2.28. The van der Waals surface area contributed by atoms with Gasteiger partial charge in [-0.15, -0.1) is 0 Å². The first-order valence-electron chi connectivity index (χ1n) is 7.02. The number of carbonyl (C=O) groups is 1. The number of hydrogen-bond donors (Lipinski definition) is 2. The first kappa shape index (κ1) is 16.7. The monoisotopic (exact) mass is 277 g/mol.